The molecule has 1 aromatic rings. The van der Waals surface area contributed by atoms with Crippen LogP contribution in [0.5, 0.6) is 0 Å². The van der Waals surface area contributed by atoms with E-state index in [0.717, 1.165) is 55.1 Å². The van der Waals surface area contributed by atoms with E-state index in [1.165, 1.54) is 0 Å². The minimum atomic E-state index is -0.0731. The Morgan fingerprint density at radius 3 is 2.50 bits per heavy atom. The van der Waals surface area contributed by atoms with Gasteiger partial charge in [0.15, 0.2) is 5.82 Å². The van der Waals surface area contributed by atoms with Crippen LogP contribution in [0.15, 0.2) is 0 Å². The average Bonchev–Trinajstić information content (AvgIpc) is 2.65. The van der Waals surface area contributed by atoms with Crippen LogP contribution in [0.2, 0.25) is 0 Å². The maximum Gasteiger partial charge on any atom is 0.237 e. The molecule has 8 nitrogen and oxygen atoms in total. The molecule has 0 N–H and O–H groups in total. The third-order valence-corrected chi connectivity index (χ3v) is 5.50. The van der Waals surface area contributed by atoms with Gasteiger partial charge in [-0.25, -0.2) is 9.97 Å². The number of hydrogen-bond acceptors (Lipinski definition) is 6. The largest absolute Gasteiger partial charge is 0.362 e. The molecule has 8 heteroatoms. The van der Waals surface area contributed by atoms with Gasteiger partial charge >= 0.3 is 0 Å². The average molecular weight is 389 g/mol. The monoisotopic (exact) mass is 388 g/mol. The lowest BCUT2D eigenvalue weighted by Crippen LogP contribution is -2.44. The highest BCUT2D eigenvalue weighted by Gasteiger charge is 2.32. The molecule has 0 bridgehead atoms. The second-order valence-corrected chi connectivity index (χ2v) is 8.25. The van der Waals surface area contributed by atoms with Crippen molar-refractivity contribution < 1.29 is 9.59 Å². The molecule has 3 rings (SSSR count). The van der Waals surface area contributed by atoms with Crippen LogP contribution in [0.25, 0.3) is 0 Å². The zero-order valence-electron chi connectivity index (χ0n) is 17.7. The van der Waals surface area contributed by atoms with E-state index in [0.29, 0.717) is 19.6 Å². The second kappa shape index (κ2) is 8.43. The van der Waals surface area contributed by atoms with Crippen LogP contribution in [0.4, 0.5) is 5.82 Å². The SMILES string of the molecule is CC(=O)N1CCc2nc([C@H]3CCCCN3C(=O)CN(C)C)nc(N(C)C)c2C1. The summed E-state index contributed by atoms with van der Waals surface area (Å²) >= 11 is 0. The number of carbonyl (C=O) groups is 2. The normalized spacial score (nSPS) is 19.6. The Balaban J connectivity index is 1.96. The molecule has 1 fully saturated rings. The van der Waals surface area contributed by atoms with Crippen molar-refractivity contribution in [3.63, 3.8) is 0 Å². The fourth-order valence-electron chi connectivity index (χ4n) is 4.06. The van der Waals surface area contributed by atoms with Gasteiger partial charge in [-0.1, -0.05) is 0 Å². The highest BCUT2D eigenvalue weighted by atomic mass is 16.2. The van der Waals surface area contributed by atoms with E-state index in [4.69, 9.17) is 9.97 Å². The van der Waals surface area contributed by atoms with Gasteiger partial charge in [0.1, 0.15) is 5.82 Å². The molecule has 1 saturated heterocycles. The van der Waals surface area contributed by atoms with Gasteiger partial charge in [-0.05, 0) is 33.4 Å². The van der Waals surface area contributed by atoms with Crippen molar-refractivity contribution in [1.82, 2.24) is 24.7 Å². The number of rotatable bonds is 4. The molecule has 0 spiro atoms. The predicted octanol–water partition coefficient (Wildman–Crippen LogP) is 1.06. The molecule has 28 heavy (non-hydrogen) atoms. The molecular weight excluding hydrogens is 356 g/mol. The van der Waals surface area contributed by atoms with Crippen molar-refractivity contribution >= 4 is 17.6 Å². The summed E-state index contributed by atoms with van der Waals surface area (Å²) in [6, 6.07) is -0.0731. The second-order valence-electron chi connectivity index (χ2n) is 8.25. The molecule has 1 atom stereocenters. The zero-order valence-corrected chi connectivity index (χ0v) is 17.7. The fraction of sp³-hybridized carbons (Fsp3) is 0.700. The lowest BCUT2D eigenvalue weighted by molar-refractivity contribution is -0.136. The molecular formula is C20H32N6O2. The quantitative estimate of drug-likeness (QED) is 0.768. The van der Waals surface area contributed by atoms with Gasteiger partial charge in [0.25, 0.3) is 0 Å². The topological polar surface area (TPSA) is 72.9 Å². The number of hydrogen-bond donors (Lipinski definition) is 0. The van der Waals surface area contributed by atoms with Crippen molar-refractivity contribution in [3.05, 3.63) is 17.1 Å². The Labute approximate surface area is 167 Å². The number of likely N-dealkylation sites (N-methyl/N-ethyl adjacent to an activating group) is 1. The number of amides is 2. The van der Waals surface area contributed by atoms with E-state index in [9.17, 15) is 9.59 Å². The van der Waals surface area contributed by atoms with Gasteiger partial charge in [-0.3, -0.25) is 9.59 Å². The molecule has 0 radical (unpaired) electrons. The number of likely N-dealkylation sites (tertiary alicyclic amines) is 1. The van der Waals surface area contributed by atoms with Crippen LogP contribution >= 0.6 is 0 Å². The van der Waals surface area contributed by atoms with Crippen LogP contribution < -0.4 is 4.90 Å². The van der Waals surface area contributed by atoms with Crippen LogP contribution in [0, 0.1) is 0 Å². The third kappa shape index (κ3) is 4.27. The molecule has 0 aromatic carbocycles. The van der Waals surface area contributed by atoms with E-state index >= 15 is 0 Å². The minimum absolute atomic E-state index is 0.0731. The summed E-state index contributed by atoms with van der Waals surface area (Å²) in [5.41, 5.74) is 2.04. The first-order valence-corrected chi connectivity index (χ1v) is 10.0. The van der Waals surface area contributed by atoms with Crippen LogP contribution in [0.3, 0.4) is 0 Å². The number of piperidine rings is 1. The molecule has 154 valence electrons. The van der Waals surface area contributed by atoms with Crippen molar-refractivity contribution in [1.29, 1.82) is 0 Å². The summed E-state index contributed by atoms with van der Waals surface area (Å²) < 4.78 is 0. The lowest BCUT2D eigenvalue weighted by Gasteiger charge is -2.37. The van der Waals surface area contributed by atoms with E-state index < -0.39 is 0 Å². The smallest absolute Gasteiger partial charge is 0.237 e. The Morgan fingerprint density at radius 2 is 1.86 bits per heavy atom. The predicted molar refractivity (Wildman–Crippen MR) is 108 cm³/mol. The molecule has 1 aromatic heterocycles. The van der Waals surface area contributed by atoms with Crippen LogP contribution in [-0.2, 0) is 22.6 Å². The Hall–Kier alpha value is -2.22. The van der Waals surface area contributed by atoms with E-state index in [2.05, 4.69) is 0 Å². The van der Waals surface area contributed by atoms with Gasteiger partial charge in [0, 0.05) is 46.1 Å². The van der Waals surface area contributed by atoms with E-state index in [1.54, 1.807) is 6.92 Å². The highest BCUT2D eigenvalue weighted by molar-refractivity contribution is 5.78. The summed E-state index contributed by atoms with van der Waals surface area (Å²) in [6.07, 6.45) is 3.72. The number of nitrogens with zero attached hydrogens (tertiary/aromatic N) is 6. The van der Waals surface area contributed by atoms with Crippen molar-refractivity contribution in [3.8, 4) is 0 Å². The standard InChI is InChI=1S/C20H32N6O2/c1-14(27)25-11-9-16-15(12-25)20(24(4)5)22-19(21-16)17-8-6-7-10-26(17)18(28)13-23(2)3/h17H,6-13H2,1-5H3/t17-/m1/s1. The van der Waals surface area contributed by atoms with Crippen LogP contribution in [0.1, 0.15) is 49.3 Å². The molecule has 2 amide bonds. The number of anilines is 1. The molecule has 3 heterocycles. The van der Waals surface area contributed by atoms with Gasteiger partial charge in [0.2, 0.25) is 11.8 Å². The maximum absolute atomic E-state index is 12.8. The number of aromatic nitrogens is 2. The molecule has 2 aliphatic rings. The summed E-state index contributed by atoms with van der Waals surface area (Å²) in [5, 5.41) is 0. The third-order valence-electron chi connectivity index (χ3n) is 5.50. The first kappa shape index (κ1) is 20.5. The number of carbonyl (C=O) groups excluding carboxylic acids is 2. The van der Waals surface area contributed by atoms with Crippen LogP contribution in [-0.4, -0.2) is 84.3 Å². The highest BCUT2D eigenvalue weighted by Crippen LogP contribution is 2.33. The Kier molecular flexibility index (Phi) is 6.17. The van der Waals surface area contributed by atoms with Crippen molar-refractivity contribution in [2.75, 3.05) is 52.7 Å². The summed E-state index contributed by atoms with van der Waals surface area (Å²) in [5.74, 6) is 1.81. The lowest BCUT2D eigenvalue weighted by atomic mass is 9.99. The number of fused-ring (bicyclic) bond motifs is 1. The van der Waals surface area contributed by atoms with Gasteiger partial charge in [-0.15, -0.1) is 0 Å². The summed E-state index contributed by atoms with van der Waals surface area (Å²) in [4.78, 5) is 42.1. The van der Waals surface area contributed by atoms with Gasteiger partial charge < -0.3 is 19.6 Å². The van der Waals surface area contributed by atoms with Gasteiger partial charge in [-0.2, -0.15) is 0 Å². The molecule has 2 aliphatic heterocycles. The van der Waals surface area contributed by atoms with E-state index in [1.807, 2.05) is 47.8 Å². The van der Waals surface area contributed by atoms with Crippen molar-refractivity contribution in [2.45, 2.75) is 45.2 Å². The fourth-order valence-corrected chi connectivity index (χ4v) is 4.06. The summed E-state index contributed by atoms with van der Waals surface area (Å²) in [6.45, 7) is 3.99. The Morgan fingerprint density at radius 1 is 1.11 bits per heavy atom. The molecule has 0 aliphatic carbocycles. The molecule has 0 saturated carbocycles. The first-order valence-electron chi connectivity index (χ1n) is 10.0. The maximum atomic E-state index is 12.8. The molecule has 0 unspecified atom stereocenters. The first-order chi connectivity index (χ1) is 13.3. The minimum Gasteiger partial charge on any atom is -0.362 e. The Bertz CT molecular complexity index is 748. The van der Waals surface area contributed by atoms with Crippen molar-refractivity contribution in [2.24, 2.45) is 0 Å². The zero-order chi connectivity index (χ0) is 20.4. The summed E-state index contributed by atoms with van der Waals surface area (Å²) in [7, 11) is 7.76. The van der Waals surface area contributed by atoms with Gasteiger partial charge in [0.05, 0.1) is 24.8 Å². The van der Waals surface area contributed by atoms with E-state index in [-0.39, 0.29) is 17.9 Å².